The largest absolute Gasteiger partial charge is 0.379 e. The van der Waals surface area contributed by atoms with Crippen LogP contribution in [0.5, 0.6) is 0 Å². The van der Waals surface area contributed by atoms with Crippen molar-refractivity contribution in [1.29, 1.82) is 0 Å². The summed E-state index contributed by atoms with van der Waals surface area (Å²) in [4.78, 5) is 4.82. The van der Waals surface area contributed by atoms with Crippen LogP contribution in [0.3, 0.4) is 0 Å². The summed E-state index contributed by atoms with van der Waals surface area (Å²) in [5.41, 5.74) is 0. The van der Waals surface area contributed by atoms with Gasteiger partial charge in [-0.25, -0.2) is 0 Å². The number of piperazine rings is 1. The molecular formula is C9H20N2OS. The van der Waals surface area contributed by atoms with E-state index in [-0.39, 0.29) is 0 Å². The molecule has 1 saturated heterocycles. The standard InChI is InChI=1S/C9H20N2OS/c1-10-2-4-11(5-3-10)6-7-12-8-9-13/h13H,2-9H2,1H3. The second-order valence-corrected chi connectivity index (χ2v) is 3.93. The molecule has 0 atom stereocenters. The van der Waals surface area contributed by atoms with Crippen LogP contribution in [-0.4, -0.2) is 68.5 Å². The number of ether oxygens (including phenoxy) is 1. The number of likely N-dealkylation sites (N-methyl/N-ethyl adjacent to an activating group) is 1. The minimum Gasteiger partial charge on any atom is -0.379 e. The van der Waals surface area contributed by atoms with Gasteiger partial charge in [-0.05, 0) is 7.05 Å². The number of nitrogens with zero attached hydrogens (tertiary/aromatic N) is 2. The Balaban J connectivity index is 1.96. The molecule has 78 valence electrons. The summed E-state index contributed by atoms with van der Waals surface area (Å²) in [5.74, 6) is 0.822. The summed E-state index contributed by atoms with van der Waals surface area (Å²) in [6.45, 7) is 7.43. The van der Waals surface area contributed by atoms with Gasteiger partial charge in [0.2, 0.25) is 0 Å². The van der Waals surface area contributed by atoms with Crippen LogP contribution in [0, 0.1) is 0 Å². The Bertz CT molecular complexity index is 127. The zero-order chi connectivity index (χ0) is 9.52. The monoisotopic (exact) mass is 204 g/mol. The van der Waals surface area contributed by atoms with Crippen molar-refractivity contribution in [2.24, 2.45) is 0 Å². The van der Waals surface area contributed by atoms with Crippen LogP contribution in [0.1, 0.15) is 0 Å². The Hall–Kier alpha value is 0.230. The van der Waals surface area contributed by atoms with Gasteiger partial charge >= 0.3 is 0 Å². The molecule has 0 bridgehead atoms. The fraction of sp³-hybridized carbons (Fsp3) is 1.00. The third-order valence-electron chi connectivity index (χ3n) is 2.38. The third-order valence-corrected chi connectivity index (χ3v) is 2.57. The Labute approximate surface area is 86.4 Å². The Morgan fingerprint density at radius 2 is 1.85 bits per heavy atom. The maximum Gasteiger partial charge on any atom is 0.0593 e. The molecule has 0 unspecified atom stereocenters. The van der Waals surface area contributed by atoms with Crippen molar-refractivity contribution in [3.05, 3.63) is 0 Å². The molecule has 1 aliphatic rings. The lowest BCUT2D eigenvalue weighted by molar-refractivity contribution is 0.0894. The molecule has 1 rings (SSSR count). The normalized spacial score (nSPS) is 20.8. The summed E-state index contributed by atoms with van der Waals surface area (Å²) in [6.07, 6.45) is 0. The van der Waals surface area contributed by atoms with Gasteiger partial charge in [-0.3, -0.25) is 4.90 Å². The topological polar surface area (TPSA) is 15.7 Å². The van der Waals surface area contributed by atoms with Gasteiger partial charge < -0.3 is 9.64 Å². The van der Waals surface area contributed by atoms with Crippen molar-refractivity contribution in [3.8, 4) is 0 Å². The van der Waals surface area contributed by atoms with Crippen molar-refractivity contribution >= 4 is 12.6 Å². The Morgan fingerprint density at radius 3 is 2.46 bits per heavy atom. The molecule has 0 amide bonds. The highest BCUT2D eigenvalue weighted by atomic mass is 32.1. The molecule has 0 radical (unpaired) electrons. The van der Waals surface area contributed by atoms with E-state index in [1.165, 1.54) is 26.2 Å². The zero-order valence-corrected chi connectivity index (χ0v) is 9.30. The van der Waals surface area contributed by atoms with Gasteiger partial charge in [-0.15, -0.1) is 0 Å². The number of hydrogen-bond donors (Lipinski definition) is 1. The first-order valence-corrected chi connectivity index (χ1v) is 5.55. The van der Waals surface area contributed by atoms with E-state index in [0.29, 0.717) is 0 Å². The van der Waals surface area contributed by atoms with E-state index in [4.69, 9.17) is 4.74 Å². The predicted molar refractivity (Wildman–Crippen MR) is 58.6 cm³/mol. The van der Waals surface area contributed by atoms with Crippen LogP contribution in [-0.2, 0) is 4.74 Å². The van der Waals surface area contributed by atoms with Gasteiger partial charge in [0.15, 0.2) is 0 Å². The fourth-order valence-electron chi connectivity index (χ4n) is 1.43. The predicted octanol–water partition coefficient (Wildman–Crippen LogP) is 0.180. The van der Waals surface area contributed by atoms with Crippen molar-refractivity contribution < 1.29 is 4.74 Å². The number of thiol groups is 1. The second-order valence-electron chi connectivity index (χ2n) is 3.48. The van der Waals surface area contributed by atoms with Crippen molar-refractivity contribution in [2.75, 3.05) is 58.7 Å². The van der Waals surface area contributed by atoms with Gasteiger partial charge in [0, 0.05) is 38.5 Å². The van der Waals surface area contributed by atoms with E-state index in [1.807, 2.05) is 0 Å². The summed E-state index contributed by atoms with van der Waals surface area (Å²) in [5, 5.41) is 0. The summed E-state index contributed by atoms with van der Waals surface area (Å²) in [7, 11) is 2.18. The van der Waals surface area contributed by atoms with Gasteiger partial charge in [0.25, 0.3) is 0 Å². The van der Waals surface area contributed by atoms with Gasteiger partial charge in [0.1, 0.15) is 0 Å². The van der Waals surface area contributed by atoms with Crippen LogP contribution in [0.2, 0.25) is 0 Å². The summed E-state index contributed by atoms with van der Waals surface area (Å²) >= 11 is 4.09. The van der Waals surface area contributed by atoms with Gasteiger partial charge in [0.05, 0.1) is 13.2 Å². The molecular weight excluding hydrogens is 184 g/mol. The summed E-state index contributed by atoms with van der Waals surface area (Å²) < 4.78 is 5.38. The molecule has 0 spiro atoms. The van der Waals surface area contributed by atoms with E-state index >= 15 is 0 Å². The minimum absolute atomic E-state index is 0.775. The van der Waals surface area contributed by atoms with E-state index in [2.05, 4.69) is 29.5 Å². The van der Waals surface area contributed by atoms with Crippen LogP contribution < -0.4 is 0 Å². The molecule has 1 fully saturated rings. The lowest BCUT2D eigenvalue weighted by atomic mass is 10.3. The first-order valence-electron chi connectivity index (χ1n) is 4.92. The average molecular weight is 204 g/mol. The molecule has 13 heavy (non-hydrogen) atoms. The fourth-order valence-corrected chi connectivity index (χ4v) is 1.56. The van der Waals surface area contributed by atoms with Crippen LogP contribution in [0.4, 0.5) is 0 Å². The molecule has 4 heteroatoms. The smallest absolute Gasteiger partial charge is 0.0593 e. The van der Waals surface area contributed by atoms with Gasteiger partial charge in [-0.2, -0.15) is 12.6 Å². The Morgan fingerprint density at radius 1 is 1.15 bits per heavy atom. The molecule has 3 nitrogen and oxygen atoms in total. The van der Waals surface area contributed by atoms with E-state index in [0.717, 1.165) is 25.5 Å². The molecule has 0 aromatic carbocycles. The molecule has 0 aromatic heterocycles. The molecule has 1 aliphatic heterocycles. The highest BCUT2D eigenvalue weighted by Crippen LogP contribution is 1.98. The third kappa shape index (κ3) is 4.86. The van der Waals surface area contributed by atoms with Crippen LogP contribution >= 0.6 is 12.6 Å². The highest BCUT2D eigenvalue weighted by molar-refractivity contribution is 7.80. The first kappa shape index (κ1) is 11.3. The quantitative estimate of drug-likeness (QED) is 0.508. The van der Waals surface area contributed by atoms with Crippen LogP contribution in [0.15, 0.2) is 0 Å². The summed E-state index contributed by atoms with van der Waals surface area (Å²) in [6, 6.07) is 0. The average Bonchev–Trinajstić information content (AvgIpc) is 2.15. The Kier molecular flexibility index (Phi) is 5.78. The first-order chi connectivity index (χ1) is 6.33. The van der Waals surface area contributed by atoms with Crippen molar-refractivity contribution in [3.63, 3.8) is 0 Å². The zero-order valence-electron chi connectivity index (χ0n) is 8.41. The lowest BCUT2D eigenvalue weighted by Gasteiger charge is -2.32. The van der Waals surface area contributed by atoms with Crippen molar-refractivity contribution in [1.82, 2.24) is 9.80 Å². The number of rotatable bonds is 5. The maximum atomic E-state index is 5.38. The highest BCUT2D eigenvalue weighted by Gasteiger charge is 2.12. The second kappa shape index (κ2) is 6.65. The molecule has 0 saturated carbocycles. The number of hydrogen-bond acceptors (Lipinski definition) is 4. The molecule has 0 aromatic rings. The van der Waals surface area contributed by atoms with Crippen LogP contribution in [0.25, 0.3) is 0 Å². The molecule has 0 N–H and O–H groups in total. The minimum atomic E-state index is 0.775. The SMILES string of the molecule is CN1CCN(CCOCCS)CC1. The maximum absolute atomic E-state index is 5.38. The van der Waals surface area contributed by atoms with E-state index in [1.54, 1.807) is 0 Å². The molecule has 0 aliphatic carbocycles. The van der Waals surface area contributed by atoms with Gasteiger partial charge in [-0.1, -0.05) is 0 Å². The van der Waals surface area contributed by atoms with E-state index < -0.39 is 0 Å². The lowest BCUT2D eigenvalue weighted by Crippen LogP contribution is -2.45. The van der Waals surface area contributed by atoms with Crippen molar-refractivity contribution in [2.45, 2.75) is 0 Å². The van der Waals surface area contributed by atoms with E-state index in [9.17, 15) is 0 Å². The molecule has 1 heterocycles.